The van der Waals surface area contributed by atoms with Gasteiger partial charge in [-0.25, -0.2) is 4.39 Å². The van der Waals surface area contributed by atoms with E-state index in [0.717, 1.165) is 6.42 Å². The predicted octanol–water partition coefficient (Wildman–Crippen LogP) is 3.84. The minimum absolute atomic E-state index is 0.0195. The first-order chi connectivity index (χ1) is 12.5. The molecule has 0 aliphatic rings. The van der Waals surface area contributed by atoms with Crippen molar-refractivity contribution < 1.29 is 18.4 Å². The van der Waals surface area contributed by atoms with E-state index in [1.165, 1.54) is 29.8 Å². The number of aromatic nitrogens is 2. The number of amides is 1. The Bertz CT molecular complexity index is 876. The number of rotatable bonds is 6. The number of anilines is 1. The molecular weight excluding hydrogens is 337 g/mol. The second kappa shape index (κ2) is 7.77. The third-order valence-electron chi connectivity index (χ3n) is 3.77. The maximum atomic E-state index is 13.0. The van der Waals surface area contributed by atoms with Crippen LogP contribution in [0.4, 0.5) is 10.3 Å². The van der Waals surface area contributed by atoms with E-state index in [1.54, 1.807) is 6.92 Å². The van der Waals surface area contributed by atoms with Gasteiger partial charge in [0.25, 0.3) is 17.7 Å². The summed E-state index contributed by atoms with van der Waals surface area (Å²) in [6, 6.07) is 13.2. The van der Waals surface area contributed by atoms with Crippen molar-refractivity contribution in [2.24, 2.45) is 0 Å². The van der Waals surface area contributed by atoms with Crippen LogP contribution in [-0.4, -0.2) is 22.2 Å². The highest BCUT2D eigenvalue weighted by atomic mass is 19.1. The molecule has 0 radical (unpaired) electrons. The van der Waals surface area contributed by atoms with E-state index in [1.807, 2.05) is 24.3 Å². The Morgan fingerprint density at radius 1 is 1.19 bits per heavy atom. The Labute approximate surface area is 150 Å². The van der Waals surface area contributed by atoms with Crippen molar-refractivity contribution in [2.45, 2.75) is 26.4 Å². The summed E-state index contributed by atoms with van der Waals surface area (Å²) in [5.74, 6) is 0.0378. The Morgan fingerprint density at radius 3 is 2.54 bits per heavy atom. The molecule has 7 heteroatoms. The van der Waals surface area contributed by atoms with E-state index in [2.05, 4.69) is 22.4 Å². The fourth-order valence-corrected chi connectivity index (χ4v) is 2.26. The summed E-state index contributed by atoms with van der Waals surface area (Å²) in [4.78, 5) is 16.3. The van der Waals surface area contributed by atoms with Crippen LogP contribution >= 0.6 is 0 Å². The van der Waals surface area contributed by atoms with Crippen molar-refractivity contribution in [3.8, 4) is 17.2 Å². The third kappa shape index (κ3) is 4.24. The van der Waals surface area contributed by atoms with Crippen LogP contribution in [0.15, 0.2) is 53.1 Å². The molecule has 0 spiro atoms. The molecule has 1 N–H and O–H groups in total. The predicted molar refractivity (Wildman–Crippen MR) is 94.2 cm³/mol. The van der Waals surface area contributed by atoms with Crippen molar-refractivity contribution in [2.75, 3.05) is 5.32 Å². The molecule has 0 bridgehead atoms. The number of benzene rings is 2. The average molecular weight is 355 g/mol. The lowest BCUT2D eigenvalue weighted by atomic mass is 10.2. The van der Waals surface area contributed by atoms with E-state index in [4.69, 9.17) is 9.26 Å². The van der Waals surface area contributed by atoms with Gasteiger partial charge in [-0.1, -0.05) is 19.1 Å². The van der Waals surface area contributed by atoms with Crippen LogP contribution in [0.2, 0.25) is 0 Å². The molecule has 0 fully saturated rings. The maximum absolute atomic E-state index is 13.0. The van der Waals surface area contributed by atoms with E-state index in [-0.39, 0.29) is 17.7 Å². The van der Waals surface area contributed by atoms with Gasteiger partial charge in [0.1, 0.15) is 11.6 Å². The molecule has 2 aromatic carbocycles. The Hall–Kier alpha value is -3.22. The Morgan fingerprint density at radius 2 is 1.88 bits per heavy atom. The van der Waals surface area contributed by atoms with Crippen LogP contribution in [0.5, 0.6) is 5.75 Å². The number of hydrogen-bond donors (Lipinski definition) is 1. The van der Waals surface area contributed by atoms with E-state index < -0.39 is 12.0 Å². The number of carbonyl (C=O) groups is 1. The van der Waals surface area contributed by atoms with Crippen LogP contribution in [0.25, 0.3) is 11.5 Å². The minimum atomic E-state index is -0.741. The molecule has 1 amide bonds. The first-order valence-corrected chi connectivity index (χ1v) is 8.21. The van der Waals surface area contributed by atoms with E-state index in [0.29, 0.717) is 11.3 Å². The molecule has 0 saturated heterocycles. The quantitative estimate of drug-likeness (QED) is 0.727. The lowest BCUT2D eigenvalue weighted by Gasteiger charge is -2.13. The zero-order valence-corrected chi connectivity index (χ0v) is 14.4. The summed E-state index contributed by atoms with van der Waals surface area (Å²) in [6.07, 6.45) is 0.195. The van der Waals surface area contributed by atoms with Gasteiger partial charge >= 0.3 is 0 Å². The lowest BCUT2D eigenvalue weighted by Crippen LogP contribution is -2.30. The fourth-order valence-electron chi connectivity index (χ4n) is 2.26. The van der Waals surface area contributed by atoms with Gasteiger partial charge in [0.2, 0.25) is 0 Å². The van der Waals surface area contributed by atoms with Crippen LogP contribution in [0.1, 0.15) is 19.4 Å². The topological polar surface area (TPSA) is 77.2 Å². The summed E-state index contributed by atoms with van der Waals surface area (Å²) in [5, 5.41) is 6.23. The average Bonchev–Trinajstić information content (AvgIpc) is 3.11. The lowest BCUT2D eigenvalue weighted by molar-refractivity contribution is -0.122. The van der Waals surface area contributed by atoms with Crippen molar-refractivity contribution in [3.05, 3.63) is 59.9 Å². The minimum Gasteiger partial charge on any atom is -0.481 e. The smallest absolute Gasteiger partial charge is 0.270 e. The number of aryl methyl sites for hydroxylation is 1. The zero-order valence-electron chi connectivity index (χ0n) is 14.4. The maximum Gasteiger partial charge on any atom is 0.270 e. The molecule has 3 rings (SSSR count). The van der Waals surface area contributed by atoms with Crippen molar-refractivity contribution in [1.82, 2.24) is 10.1 Å². The van der Waals surface area contributed by atoms with Crippen LogP contribution in [-0.2, 0) is 11.2 Å². The normalized spacial score (nSPS) is 11.8. The molecule has 0 saturated carbocycles. The highest BCUT2D eigenvalue weighted by molar-refractivity contribution is 5.92. The highest BCUT2D eigenvalue weighted by Crippen LogP contribution is 2.19. The third-order valence-corrected chi connectivity index (χ3v) is 3.77. The first kappa shape index (κ1) is 17.6. The van der Waals surface area contributed by atoms with Crippen molar-refractivity contribution >= 4 is 11.9 Å². The summed E-state index contributed by atoms with van der Waals surface area (Å²) in [5.41, 5.74) is 1.74. The Kier molecular flexibility index (Phi) is 5.26. The molecule has 1 heterocycles. The zero-order chi connectivity index (χ0) is 18.5. The van der Waals surface area contributed by atoms with Gasteiger partial charge < -0.3 is 9.26 Å². The molecule has 134 valence electrons. The van der Waals surface area contributed by atoms with Gasteiger partial charge in [0, 0.05) is 5.56 Å². The molecule has 3 aromatic rings. The molecule has 0 aliphatic carbocycles. The standard InChI is InChI=1S/C19H18FN3O3/c1-3-13-4-10-16(11-5-13)25-12(2)17(24)21-19-22-18(26-23-19)14-6-8-15(20)9-7-14/h4-12H,3H2,1-2H3,(H,21,23,24)/t12-/m1/s1. The number of ether oxygens (including phenoxy) is 1. The molecule has 26 heavy (non-hydrogen) atoms. The summed E-state index contributed by atoms with van der Waals surface area (Å²) in [6.45, 7) is 3.70. The van der Waals surface area contributed by atoms with Crippen molar-refractivity contribution in [3.63, 3.8) is 0 Å². The second-order valence-corrected chi connectivity index (χ2v) is 5.68. The largest absolute Gasteiger partial charge is 0.481 e. The summed E-state index contributed by atoms with van der Waals surface area (Å²) < 4.78 is 23.6. The van der Waals surface area contributed by atoms with Gasteiger partial charge in [-0.2, -0.15) is 4.98 Å². The van der Waals surface area contributed by atoms with E-state index >= 15 is 0 Å². The van der Waals surface area contributed by atoms with E-state index in [9.17, 15) is 9.18 Å². The SMILES string of the molecule is CCc1ccc(O[C@H](C)C(=O)Nc2noc(-c3ccc(F)cc3)n2)cc1. The van der Waals surface area contributed by atoms with Gasteiger partial charge in [0.05, 0.1) is 0 Å². The van der Waals surface area contributed by atoms with Crippen LogP contribution < -0.4 is 10.1 Å². The first-order valence-electron chi connectivity index (χ1n) is 8.21. The number of hydrogen-bond acceptors (Lipinski definition) is 5. The second-order valence-electron chi connectivity index (χ2n) is 5.68. The number of nitrogens with zero attached hydrogens (tertiary/aromatic N) is 2. The fraction of sp³-hybridized carbons (Fsp3) is 0.211. The van der Waals surface area contributed by atoms with Gasteiger partial charge in [0.15, 0.2) is 6.10 Å². The summed E-state index contributed by atoms with van der Waals surface area (Å²) >= 11 is 0. The summed E-state index contributed by atoms with van der Waals surface area (Å²) in [7, 11) is 0. The number of carbonyl (C=O) groups excluding carboxylic acids is 1. The molecule has 0 aliphatic heterocycles. The van der Waals surface area contributed by atoms with Gasteiger partial charge in [-0.3, -0.25) is 10.1 Å². The van der Waals surface area contributed by atoms with Gasteiger partial charge in [-0.15, -0.1) is 0 Å². The molecule has 1 atom stereocenters. The monoisotopic (exact) mass is 355 g/mol. The molecule has 1 aromatic heterocycles. The number of nitrogens with one attached hydrogen (secondary N) is 1. The molecular formula is C19H18FN3O3. The highest BCUT2D eigenvalue weighted by Gasteiger charge is 2.18. The molecule has 6 nitrogen and oxygen atoms in total. The van der Waals surface area contributed by atoms with Crippen LogP contribution in [0.3, 0.4) is 0 Å². The van der Waals surface area contributed by atoms with Crippen molar-refractivity contribution in [1.29, 1.82) is 0 Å². The Balaban J connectivity index is 1.61. The molecule has 0 unspecified atom stereocenters. The van der Waals surface area contributed by atoms with Crippen LogP contribution in [0, 0.1) is 5.82 Å². The van der Waals surface area contributed by atoms with Gasteiger partial charge in [-0.05, 0) is 60.5 Å². The number of halogens is 1.